The van der Waals surface area contributed by atoms with Gasteiger partial charge in [0, 0.05) is 60.1 Å². The second-order valence-corrected chi connectivity index (χ2v) is 16.3. The summed E-state index contributed by atoms with van der Waals surface area (Å²) in [6.45, 7) is 2.48. The SMILES string of the molecule is COc1nc(-c2cccc(-c3cccc4c3CC[C@@H]4Cc3nc(OC)c(CCC4(C(=O)O)CC4)cc3C(F)(F)F)c2Cl)ccc1CN1CC2(CCC(=O)C2)C1. The number of ketones is 1. The summed E-state index contributed by atoms with van der Waals surface area (Å²) in [7, 11) is 2.98. The zero-order chi connectivity index (χ0) is 38.7. The number of methoxy groups -OCH3 is 2. The third kappa shape index (κ3) is 7.10. The predicted octanol–water partition coefficient (Wildman–Crippen LogP) is 9.12. The number of carboxylic acids is 1. The molecule has 0 bridgehead atoms. The van der Waals surface area contributed by atoms with Gasteiger partial charge in [0.1, 0.15) is 5.78 Å². The average Bonchev–Trinajstić information content (AvgIpc) is 3.70. The van der Waals surface area contributed by atoms with Crippen LogP contribution < -0.4 is 9.47 Å². The number of Topliss-reactive ketones (excluding diaryl/α,β-unsaturated/α-hetero) is 1. The summed E-state index contributed by atoms with van der Waals surface area (Å²) in [5, 5.41) is 10.1. The van der Waals surface area contributed by atoms with Gasteiger partial charge < -0.3 is 14.6 Å². The van der Waals surface area contributed by atoms with Crippen molar-refractivity contribution in [2.75, 3.05) is 27.3 Å². The molecule has 1 spiro atoms. The Morgan fingerprint density at radius 1 is 0.945 bits per heavy atom. The summed E-state index contributed by atoms with van der Waals surface area (Å²) in [5.41, 5.74) is 4.76. The second kappa shape index (κ2) is 14.2. The van der Waals surface area contributed by atoms with Crippen LogP contribution in [-0.4, -0.2) is 59.0 Å². The van der Waals surface area contributed by atoms with Crippen LogP contribution in [0.25, 0.3) is 22.4 Å². The topological polar surface area (TPSA) is 102 Å². The molecule has 4 aliphatic rings. The number of carbonyl (C=O) groups is 2. The molecule has 3 fully saturated rings. The maximum absolute atomic E-state index is 14.6. The van der Waals surface area contributed by atoms with E-state index in [9.17, 15) is 27.9 Å². The van der Waals surface area contributed by atoms with Crippen LogP contribution in [0.4, 0.5) is 13.2 Å². The highest BCUT2D eigenvalue weighted by atomic mass is 35.5. The summed E-state index contributed by atoms with van der Waals surface area (Å²) in [4.78, 5) is 35.2. The minimum atomic E-state index is -4.64. The number of carboxylic acid groups (broad SMARTS) is 1. The quantitative estimate of drug-likeness (QED) is 0.152. The van der Waals surface area contributed by atoms with Gasteiger partial charge in [-0.25, -0.2) is 9.97 Å². The number of ether oxygens (including phenoxy) is 2. The minimum absolute atomic E-state index is 0.0708. The number of pyridine rings is 2. The molecule has 55 heavy (non-hydrogen) atoms. The monoisotopic (exact) mass is 773 g/mol. The van der Waals surface area contributed by atoms with Gasteiger partial charge >= 0.3 is 12.1 Å². The molecule has 12 heteroatoms. The second-order valence-electron chi connectivity index (χ2n) is 15.9. The molecule has 288 valence electrons. The molecule has 0 unspecified atom stereocenters. The van der Waals surface area contributed by atoms with Crippen molar-refractivity contribution in [3.05, 3.63) is 93.1 Å². The molecule has 0 amide bonds. The van der Waals surface area contributed by atoms with E-state index >= 15 is 0 Å². The third-order valence-corrected chi connectivity index (χ3v) is 12.8. The Balaban J connectivity index is 1.04. The standard InChI is InChI=1S/C43H43ClF3N3O5/c1-54-38-26(13-16-42(17-18-42)40(52)53)19-34(43(45,46)47)36(49-38)20-25-9-11-31-29(25)5-3-6-30(31)32-7-4-8-33(37(32)44)35-12-10-27(39(48-35)55-2)22-50-23-41(24-50)15-14-28(51)21-41/h3-8,10,12,19,25H,9,11,13-18,20-24H2,1-2H3,(H,52,53)/t25-/m1/s1. The number of carbonyl (C=O) groups excluding carboxylic acids is 1. The number of halogens is 4. The first-order valence-corrected chi connectivity index (χ1v) is 19.3. The molecule has 0 radical (unpaired) electrons. The van der Waals surface area contributed by atoms with Crippen molar-refractivity contribution >= 4 is 23.4 Å². The van der Waals surface area contributed by atoms with Crippen molar-refractivity contribution in [1.82, 2.24) is 14.9 Å². The summed E-state index contributed by atoms with van der Waals surface area (Å²) in [6.07, 6.45) is 0.470. The minimum Gasteiger partial charge on any atom is -0.481 e. The predicted molar refractivity (Wildman–Crippen MR) is 201 cm³/mol. The number of hydrogen-bond donors (Lipinski definition) is 1. The lowest BCUT2D eigenvalue weighted by atomic mass is 9.78. The maximum Gasteiger partial charge on any atom is 0.418 e. The molecule has 1 saturated heterocycles. The van der Waals surface area contributed by atoms with E-state index in [0.717, 1.165) is 59.0 Å². The first-order chi connectivity index (χ1) is 26.3. The fourth-order valence-electron chi connectivity index (χ4n) is 9.24. The molecular weight excluding hydrogens is 731 g/mol. The van der Waals surface area contributed by atoms with Gasteiger partial charge in [-0.05, 0) is 86.1 Å². The molecular formula is C43H43ClF3N3O5. The number of hydrogen-bond acceptors (Lipinski definition) is 7. The van der Waals surface area contributed by atoms with Crippen molar-refractivity contribution in [2.45, 2.75) is 82.8 Å². The van der Waals surface area contributed by atoms with Crippen molar-refractivity contribution in [2.24, 2.45) is 10.8 Å². The van der Waals surface area contributed by atoms with Crippen LogP contribution in [0.1, 0.15) is 84.4 Å². The normalized spacial score (nSPS) is 19.7. The highest BCUT2D eigenvalue weighted by Gasteiger charge is 2.50. The van der Waals surface area contributed by atoms with Gasteiger partial charge in [0.05, 0.1) is 41.6 Å². The van der Waals surface area contributed by atoms with Crippen LogP contribution >= 0.6 is 11.6 Å². The fraction of sp³-hybridized carbons (Fsp3) is 0.442. The van der Waals surface area contributed by atoms with Gasteiger partial charge in [-0.3, -0.25) is 14.5 Å². The zero-order valence-electron chi connectivity index (χ0n) is 30.9. The maximum atomic E-state index is 14.6. The molecule has 8 rings (SSSR count). The van der Waals surface area contributed by atoms with Gasteiger partial charge in [-0.1, -0.05) is 54.1 Å². The summed E-state index contributed by atoms with van der Waals surface area (Å²) >= 11 is 7.17. The summed E-state index contributed by atoms with van der Waals surface area (Å²) in [6, 6.07) is 16.8. The first kappa shape index (κ1) is 37.4. The van der Waals surface area contributed by atoms with Gasteiger partial charge in [0.25, 0.3) is 0 Å². The Morgan fingerprint density at radius 3 is 2.33 bits per heavy atom. The highest BCUT2D eigenvalue weighted by Crippen LogP contribution is 2.51. The lowest BCUT2D eigenvalue weighted by Gasteiger charge is -2.48. The summed E-state index contributed by atoms with van der Waals surface area (Å²) in [5.74, 6) is -0.137. The molecule has 3 heterocycles. The van der Waals surface area contributed by atoms with E-state index in [0.29, 0.717) is 67.4 Å². The Hall–Kier alpha value is -4.48. The van der Waals surface area contributed by atoms with E-state index in [-0.39, 0.29) is 47.7 Å². The van der Waals surface area contributed by atoms with Gasteiger partial charge in [-0.15, -0.1) is 0 Å². The van der Waals surface area contributed by atoms with Crippen LogP contribution in [0, 0.1) is 10.8 Å². The van der Waals surface area contributed by atoms with Crippen molar-refractivity contribution in [3.8, 4) is 34.1 Å². The lowest BCUT2D eigenvalue weighted by Crippen LogP contribution is -2.54. The van der Waals surface area contributed by atoms with E-state index in [4.69, 9.17) is 26.1 Å². The zero-order valence-corrected chi connectivity index (χ0v) is 31.7. The van der Waals surface area contributed by atoms with Gasteiger partial charge in [0.2, 0.25) is 11.8 Å². The molecule has 8 nitrogen and oxygen atoms in total. The number of aryl methyl sites for hydroxylation is 1. The smallest absolute Gasteiger partial charge is 0.418 e. The molecule has 2 aromatic heterocycles. The van der Waals surface area contributed by atoms with E-state index in [1.165, 1.54) is 7.11 Å². The van der Waals surface area contributed by atoms with Crippen LogP contribution in [0.15, 0.2) is 54.6 Å². The van der Waals surface area contributed by atoms with Gasteiger partial charge in [0.15, 0.2) is 0 Å². The number of nitrogens with zero attached hydrogens (tertiary/aromatic N) is 3. The van der Waals surface area contributed by atoms with Crippen LogP contribution in [0.2, 0.25) is 5.02 Å². The Morgan fingerprint density at radius 2 is 1.65 bits per heavy atom. The third-order valence-electron chi connectivity index (χ3n) is 12.4. The van der Waals surface area contributed by atoms with Gasteiger partial charge in [-0.2, -0.15) is 13.2 Å². The number of likely N-dealkylation sites (tertiary alicyclic amines) is 1. The number of fused-ring (bicyclic) bond motifs is 1. The van der Waals surface area contributed by atoms with Crippen molar-refractivity contribution in [3.63, 3.8) is 0 Å². The molecule has 1 N–H and O–H groups in total. The molecule has 2 saturated carbocycles. The van der Waals surface area contributed by atoms with E-state index < -0.39 is 23.1 Å². The molecule has 4 aromatic rings. The lowest BCUT2D eigenvalue weighted by molar-refractivity contribution is -0.143. The number of aliphatic carboxylic acids is 1. The summed E-state index contributed by atoms with van der Waals surface area (Å²) < 4.78 is 54.9. The molecule has 1 atom stereocenters. The number of rotatable bonds is 12. The molecule has 1 aliphatic heterocycles. The molecule has 2 aromatic carbocycles. The van der Waals surface area contributed by atoms with Crippen molar-refractivity contribution < 1.29 is 37.3 Å². The van der Waals surface area contributed by atoms with Crippen LogP contribution in [0.3, 0.4) is 0 Å². The number of alkyl halides is 3. The first-order valence-electron chi connectivity index (χ1n) is 18.9. The Labute approximate surface area is 323 Å². The van der Waals surface area contributed by atoms with E-state index in [2.05, 4.69) is 9.88 Å². The van der Waals surface area contributed by atoms with Crippen LogP contribution in [-0.2, 0) is 41.6 Å². The largest absolute Gasteiger partial charge is 0.481 e. The van der Waals surface area contributed by atoms with E-state index in [1.54, 1.807) is 7.11 Å². The fourth-order valence-corrected chi connectivity index (χ4v) is 9.57. The Bertz CT molecular complexity index is 2180. The number of benzene rings is 2. The van der Waals surface area contributed by atoms with Crippen LogP contribution in [0.5, 0.6) is 11.8 Å². The molecule has 3 aliphatic carbocycles. The number of aromatic nitrogens is 2. The Kier molecular flexibility index (Phi) is 9.69. The van der Waals surface area contributed by atoms with E-state index in [1.807, 2.05) is 48.5 Å². The van der Waals surface area contributed by atoms with Crippen molar-refractivity contribution in [1.29, 1.82) is 0 Å². The highest BCUT2D eigenvalue weighted by molar-refractivity contribution is 6.36. The average molecular weight is 774 g/mol.